The van der Waals surface area contributed by atoms with Gasteiger partial charge in [0.05, 0.1) is 12.2 Å². The van der Waals surface area contributed by atoms with Crippen molar-refractivity contribution in [2.24, 2.45) is 0 Å². The van der Waals surface area contributed by atoms with Gasteiger partial charge in [0.1, 0.15) is 48.5 Å². The fourth-order valence-electron chi connectivity index (χ4n) is 5.63. The van der Waals surface area contributed by atoms with Crippen LogP contribution in [0.15, 0.2) is 48.8 Å². The predicted molar refractivity (Wildman–Crippen MR) is 169 cm³/mol. The van der Waals surface area contributed by atoms with Crippen molar-refractivity contribution in [1.29, 1.82) is 5.26 Å². The van der Waals surface area contributed by atoms with E-state index < -0.39 is 68.7 Å². The molecule has 6 atom stereocenters. The fraction of sp³-hybridized carbons (Fsp3) is 0.516. The number of alkyl halides is 2. The maximum atomic E-state index is 14.8. The first-order valence-corrected chi connectivity index (χ1v) is 17.3. The summed E-state index contributed by atoms with van der Waals surface area (Å²) in [6.45, 7) is 3.99. The second-order valence-electron chi connectivity index (χ2n) is 11.7. The number of anilines is 1. The number of para-hydroxylation sites is 1. The number of rotatable bonds is 13. The number of piperidine rings is 1. The average molecular weight is 706 g/mol. The van der Waals surface area contributed by atoms with Gasteiger partial charge in [-0.25, -0.2) is 22.8 Å². The van der Waals surface area contributed by atoms with E-state index in [2.05, 4.69) is 15.2 Å². The highest BCUT2D eigenvalue weighted by atomic mass is 31.2. The zero-order valence-corrected chi connectivity index (χ0v) is 28.1. The van der Waals surface area contributed by atoms with Crippen molar-refractivity contribution in [3.05, 3.63) is 54.5 Å². The number of likely N-dealkylation sites (tertiary alicyclic amines) is 1. The molecule has 0 saturated carbocycles. The number of benzene rings is 1. The molecule has 49 heavy (non-hydrogen) atoms. The Morgan fingerprint density at radius 2 is 1.96 bits per heavy atom. The number of nitrogen functional groups attached to an aromatic ring is 1. The van der Waals surface area contributed by atoms with Crippen LogP contribution >= 0.6 is 7.75 Å². The first-order valence-electron chi connectivity index (χ1n) is 15.8. The van der Waals surface area contributed by atoms with Crippen molar-refractivity contribution in [3.63, 3.8) is 0 Å². The Bertz CT molecular complexity index is 1740. The molecule has 5 rings (SSSR count). The first kappa shape index (κ1) is 36.1. The Hall–Kier alpha value is -4.20. The average Bonchev–Trinajstić information content (AvgIpc) is 3.67. The number of esters is 2. The highest BCUT2D eigenvalue weighted by Crippen LogP contribution is 2.49. The van der Waals surface area contributed by atoms with Crippen molar-refractivity contribution in [1.82, 2.24) is 24.6 Å². The molecule has 0 aliphatic carbocycles. The fourth-order valence-corrected chi connectivity index (χ4v) is 7.15. The molecule has 3 N–H and O–H groups in total. The van der Waals surface area contributed by atoms with Crippen molar-refractivity contribution >= 4 is 31.0 Å². The molecule has 15 nitrogen and oxygen atoms in total. The SMILES string of the molecule is CCC(=O)O[C@H]1C[C@H](c2ccc3c(N)ncnn23)O[C@]1(C#N)COP(=O)(N[C@@H](C)C(=O)OC1CCN(CC)CC1(F)F)Oc1ccccc1. The van der Waals surface area contributed by atoms with Crippen LogP contribution in [0, 0.1) is 11.3 Å². The number of halogens is 2. The summed E-state index contributed by atoms with van der Waals surface area (Å²) < 4.78 is 73.8. The van der Waals surface area contributed by atoms with Gasteiger partial charge in [0.25, 0.3) is 5.92 Å². The summed E-state index contributed by atoms with van der Waals surface area (Å²) in [4.78, 5) is 31.0. The minimum atomic E-state index is -4.61. The Morgan fingerprint density at radius 3 is 2.63 bits per heavy atom. The lowest BCUT2D eigenvalue weighted by Crippen LogP contribution is -2.54. The van der Waals surface area contributed by atoms with E-state index >= 15 is 0 Å². The standard InChI is InChI=1S/C31H38F2N7O8P/c1-4-27(41)45-26-15-24(22-11-12-23-28(35)36-19-37-40(22)23)47-30(26,16-34)18-44-49(43,48-21-9-7-6-8-10-21)38-20(3)29(42)46-25-13-14-39(5-2)17-31(25,32)33/h6-12,19-20,24-26H,4-5,13-15,17-18H2,1-3H3,(H,38,43)(H2,35,36,37)/t20-,24+,25?,26-,30+,49?/m0/s1. The van der Waals surface area contributed by atoms with Crippen LogP contribution in [0.3, 0.4) is 0 Å². The predicted octanol–water partition coefficient (Wildman–Crippen LogP) is 3.81. The number of ether oxygens (including phenoxy) is 3. The van der Waals surface area contributed by atoms with Gasteiger partial charge in [0.15, 0.2) is 11.9 Å². The van der Waals surface area contributed by atoms with E-state index in [1.165, 1.54) is 29.9 Å². The summed E-state index contributed by atoms with van der Waals surface area (Å²) in [7, 11) is -4.61. The topological polar surface area (TPSA) is 193 Å². The van der Waals surface area contributed by atoms with E-state index in [9.17, 15) is 28.2 Å². The molecule has 0 amide bonds. The zero-order chi connectivity index (χ0) is 35.4. The maximum absolute atomic E-state index is 14.8. The van der Waals surface area contributed by atoms with E-state index in [4.69, 9.17) is 29.0 Å². The Balaban J connectivity index is 1.38. The van der Waals surface area contributed by atoms with Crippen molar-refractivity contribution in [2.45, 2.75) is 75.9 Å². The normalized spacial score (nSPS) is 25.6. The van der Waals surface area contributed by atoms with Crippen molar-refractivity contribution in [2.75, 3.05) is 32.0 Å². The minimum absolute atomic E-state index is 0.00530. The van der Waals surface area contributed by atoms with Gasteiger partial charge >= 0.3 is 19.7 Å². The van der Waals surface area contributed by atoms with Gasteiger partial charge in [-0.05, 0) is 37.7 Å². The minimum Gasteiger partial charge on any atom is -0.458 e. The molecule has 1 aromatic carbocycles. The maximum Gasteiger partial charge on any atom is 0.459 e. The molecule has 2 aliphatic heterocycles. The largest absolute Gasteiger partial charge is 0.459 e. The van der Waals surface area contributed by atoms with Crippen LogP contribution in [0.25, 0.3) is 5.52 Å². The van der Waals surface area contributed by atoms with Gasteiger partial charge in [-0.3, -0.25) is 19.0 Å². The second-order valence-corrected chi connectivity index (χ2v) is 13.4. The number of aromatic nitrogens is 3. The van der Waals surface area contributed by atoms with E-state index in [1.807, 2.05) is 6.07 Å². The third kappa shape index (κ3) is 8.00. The molecule has 18 heteroatoms. The molecular weight excluding hydrogens is 667 g/mol. The summed E-state index contributed by atoms with van der Waals surface area (Å²) in [5.74, 6) is -4.76. The van der Waals surface area contributed by atoms with Crippen LogP contribution < -0.4 is 15.3 Å². The number of nitrogens with one attached hydrogen (secondary N) is 1. The highest BCUT2D eigenvalue weighted by Gasteiger charge is 2.55. The van der Waals surface area contributed by atoms with Crippen LogP contribution in [0.1, 0.15) is 51.8 Å². The van der Waals surface area contributed by atoms with Crippen LogP contribution in [0.5, 0.6) is 5.75 Å². The number of hydrogen-bond acceptors (Lipinski definition) is 13. The number of nitrogens with two attached hydrogens (primary N) is 1. The van der Waals surface area contributed by atoms with E-state index in [-0.39, 0.29) is 30.8 Å². The molecule has 264 valence electrons. The number of carbonyl (C=O) groups excluding carboxylic acids is 2. The van der Waals surface area contributed by atoms with Crippen LogP contribution in [-0.4, -0.2) is 87.5 Å². The van der Waals surface area contributed by atoms with Gasteiger partial charge in [0.2, 0.25) is 5.60 Å². The monoisotopic (exact) mass is 705 g/mol. The number of fused-ring (bicyclic) bond motifs is 1. The quantitative estimate of drug-likeness (QED) is 0.193. The third-order valence-corrected chi connectivity index (χ3v) is 9.96. The Kier molecular flexibility index (Phi) is 10.9. The molecule has 2 aromatic heterocycles. The molecular formula is C31H38F2N7O8P. The molecule has 2 unspecified atom stereocenters. The number of carbonyl (C=O) groups is 2. The summed E-state index contributed by atoms with van der Waals surface area (Å²) in [5.41, 5.74) is 4.91. The van der Waals surface area contributed by atoms with Gasteiger partial charge in [-0.15, -0.1) is 0 Å². The van der Waals surface area contributed by atoms with Crippen molar-refractivity contribution in [3.8, 4) is 11.8 Å². The van der Waals surface area contributed by atoms with E-state index in [0.29, 0.717) is 24.3 Å². The lowest BCUT2D eigenvalue weighted by molar-refractivity contribution is -0.189. The smallest absolute Gasteiger partial charge is 0.458 e. The summed E-state index contributed by atoms with van der Waals surface area (Å²) in [6.07, 6.45) is -2.62. The van der Waals surface area contributed by atoms with Crippen LogP contribution in [-0.2, 0) is 32.9 Å². The van der Waals surface area contributed by atoms with Crippen LogP contribution in [0.2, 0.25) is 0 Å². The third-order valence-electron chi connectivity index (χ3n) is 8.34. The van der Waals surface area contributed by atoms with Crippen LogP contribution in [0.4, 0.5) is 14.6 Å². The van der Waals surface area contributed by atoms with Crippen molar-refractivity contribution < 1.29 is 46.2 Å². The zero-order valence-electron chi connectivity index (χ0n) is 27.2. The number of hydrogen-bond donors (Lipinski definition) is 2. The summed E-state index contributed by atoms with van der Waals surface area (Å²) >= 11 is 0. The molecule has 2 fully saturated rings. The molecule has 0 radical (unpaired) electrons. The van der Waals surface area contributed by atoms with Gasteiger partial charge in [-0.1, -0.05) is 32.0 Å². The first-order chi connectivity index (χ1) is 23.3. The number of nitriles is 1. The van der Waals surface area contributed by atoms with Gasteiger partial charge < -0.3 is 24.5 Å². The summed E-state index contributed by atoms with van der Waals surface area (Å²) in [6, 6.07) is 11.7. The molecule has 0 bridgehead atoms. The molecule has 2 saturated heterocycles. The van der Waals surface area contributed by atoms with E-state index in [1.54, 1.807) is 49.1 Å². The molecule has 4 heterocycles. The van der Waals surface area contributed by atoms with E-state index in [0.717, 1.165) is 0 Å². The lowest BCUT2D eigenvalue weighted by Gasteiger charge is -2.37. The lowest BCUT2D eigenvalue weighted by atomic mass is 9.98. The Labute approximate surface area is 281 Å². The summed E-state index contributed by atoms with van der Waals surface area (Å²) in [5, 5.41) is 17.1. The second kappa shape index (κ2) is 14.7. The van der Waals surface area contributed by atoms with Gasteiger partial charge in [0, 0.05) is 25.8 Å². The molecule has 0 spiro atoms. The molecule has 3 aromatic rings. The highest BCUT2D eigenvalue weighted by molar-refractivity contribution is 7.52. The Morgan fingerprint density at radius 1 is 1.20 bits per heavy atom. The van der Waals surface area contributed by atoms with Gasteiger partial charge in [-0.2, -0.15) is 15.4 Å². The number of nitrogens with zero attached hydrogens (tertiary/aromatic N) is 5. The molecule has 2 aliphatic rings.